The summed E-state index contributed by atoms with van der Waals surface area (Å²) in [6, 6.07) is 6.81. The van der Waals surface area contributed by atoms with Crippen molar-refractivity contribution in [1.29, 1.82) is 0 Å². The molecule has 1 saturated heterocycles. The fourth-order valence-electron chi connectivity index (χ4n) is 3.27. The van der Waals surface area contributed by atoms with Crippen molar-refractivity contribution in [2.75, 3.05) is 25.1 Å². The van der Waals surface area contributed by atoms with Crippen LogP contribution in [0.25, 0.3) is 0 Å². The van der Waals surface area contributed by atoms with Gasteiger partial charge in [0.2, 0.25) is 0 Å². The Kier molecular flexibility index (Phi) is 3.45. The van der Waals surface area contributed by atoms with Gasteiger partial charge in [-0.3, -0.25) is 4.79 Å². The molecule has 0 saturated carbocycles. The first-order valence-corrected chi connectivity index (χ1v) is 7.22. The Morgan fingerprint density at radius 2 is 2.05 bits per heavy atom. The molecule has 1 aliphatic carbocycles. The van der Waals surface area contributed by atoms with Gasteiger partial charge in [-0.1, -0.05) is 6.07 Å². The van der Waals surface area contributed by atoms with E-state index in [2.05, 4.69) is 23.1 Å². The summed E-state index contributed by atoms with van der Waals surface area (Å²) in [7, 11) is 1.48. The third-order valence-corrected chi connectivity index (χ3v) is 4.42. The minimum atomic E-state index is -0.0690. The second kappa shape index (κ2) is 5.24. The normalized spacial score (nSPS) is 22.2. The molecule has 2 aliphatic rings. The molecule has 3 rings (SSSR count). The molecule has 1 unspecified atom stereocenters. The van der Waals surface area contributed by atoms with E-state index in [1.807, 2.05) is 0 Å². The number of nitrogens with zero attached hydrogens (tertiary/aromatic N) is 1. The number of aryl methyl sites for hydroxylation is 2. The van der Waals surface area contributed by atoms with Crippen LogP contribution in [0, 0.1) is 5.92 Å². The lowest BCUT2D eigenvalue weighted by Crippen LogP contribution is -2.23. The zero-order chi connectivity index (χ0) is 13.2. The molecular weight excluding hydrogens is 238 g/mol. The molecule has 0 bridgehead atoms. The summed E-state index contributed by atoms with van der Waals surface area (Å²) in [5, 5.41) is 0. The van der Waals surface area contributed by atoms with Crippen LogP contribution in [0.1, 0.15) is 30.4 Å². The molecule has 0 radical (unpaired) electrons. The van der Waals surface area contributed by atoms with Crippen molar-refractivity contribution >= 4 is 11.7 Å². The van der Waals surface area contributed by atoms with E-state index in [1.165, 1.54) is 49.6 Å². The van der Waals surface area contributed by atoms with Crippen LogP contribution in [0.3, 0.4) is 0 Å². The van der Waals surface area contributed by atoms with E-state index in [0.717, 1.165) is 19.5 Å². The number of carbonyl (C=O) groups is 1. The number of esters is 1. The molecule has 0 amide bonds. The summed E-state index contributed by atoms with van der Waals surface area (Å²) in [5.74, 6) is -0.0264. The van der Waals surface area contributed by atoms with E-state index in [4.69, 9.17) is 4.74 Å². The predicted molar refractivity (Wildman–Crippen MR) is 75.4 cm³/mol. The second-order valence-electron chi connectivity index (χ2n) is 5.61. The monoisotopic (exact) mass is 259 g/mol. The van der Waals surface area contributed by atoms with Crippen molar-refractivity contribution in [3.05, 3.63) is 29.3 Å². The van der Waals surface area contributed by atoms with Crippen LogP contribution in [0.2, 0.25) is 0 Å². The van der Waals surface area contributed by atoms with Crippen molar-refractivity contribution < 1.29 is 9.53 Å². The van der Waals surface area contributed by atoms with Crippen molar-refractivity contribution in [1.82, 2.24) is 0 Å². The maximum Gasteiger partial charge on any atom is 0.310 e. The third-order valence-electron chi connectivity index (χ3n) is 4.42. The summed E-state index contributed by atoms with van der Waals surface area (Å²) in [4.78, 5) is 13.9. The van der Waals surface area contributed by atoms with Crippen LogP contribution in [-0.4, -0.2) is 26.2 Å². The van der Waals surface area contributed by atoms with Gasteiger partial charge in [-0.15, -0.1) is 0 Å². The molecular formula is C16H21NO2. The minimum Gasteiger partial charge on any atom is -0.469 e. The Morgan fingerprint density at radius 3 is 2.84 bits per heavy atom. The number of fused-ring (bicyclic) bond motifs is 1. The number of anilines is 1. The van der Waals surface area contributed by atoms with Crippen molar-refractivity contribution in [2.45, 2.75) is 32.1 Å². The summed E-state index contributed by atoms with van der Waals surface area (Å²) >= 11 is 0. The van der Waals surface area contributed by atoms with Gasteiger partial charge in [0, 0.05) is 18.8 Å². The SMILES string of the molecule is COC(=O)C1CCN(c2ccc3c(c2)CCCC3)C1. The zero-order valence-corrected chi connectivity index (χ0v) is 11.5. The van der Waals surface area contributed by atoms with Crippen LogP contribution in [-0.2, 0) is 22.4 Å². The maximum absolute atomic E-state index is 11.6. The van der Waals surface area contributed by atoms with Gasteiger partial charge in [0.25, 0.3) is 0 Å². The van der Waals surface area contributed by atoms with E-state index >= 15 is 0 Å². The van der Waals surface area contributed by atoms with Gasteiger partial charge in [0.15, 0.2) is 0 Å². The average Bonchev–Trinajstić information content (AvgIpc) is 2.95. The first-order valence-electron chi connectivity index (χ1n) is 7.22. The zero-order valence-electron chi connectivity index (χ0n) is 11.5. The van der Waals surface area contributed by atoms with Crippen molar-refractivity contribution in [3.8, 4) is 0 Å². The molecule has 3 nitrogen and oxygen atoms in total. The highest BCUT2D eigenvalue weighted by Crippen LogP contribution is 2.29. The lowest BCUT2D eigenvalue weighted by molar-refractivity contribution is -0.144. The molecule has 1 aromatic carbocycles. The van der Waals surface area contributed by atoms with E-state index in [1.54, 1.807) is 0 Å². The lowest BCUT2D eigenvalue weighted by Gasteiger charge is -2.22. The number of ether oxygens (including phenoxy) is 1. The van der Waals surface area contributed by atoms with E-state index in [-0.39, 0.29) is 11.9 Å². The second-order valence-corrected chi connectivity index (χ2v) is 5.61. The summed E-state index contributed by atoms with van der Waals surface area (Å²) in [6.07, 6.45) is 5.96. The van der Waals surface area contributed by atoms with Gasteiger partial charge < -0.3 is 9.64 Å². The smallest absolute Gasteiger partial charge is 0.310 e. The fraction of sp³-hybridized carbons (Fsp3) is 0.562. The molecule has 19 heavy (non-hydrogen) atoms. The molecule has 1 aliphatic heterocycles. The van der Waals surface area contributed by atoms with Gasteiger partial charge >= 0.3 is 5.97 Å². The van der Waals surface area contributed by atoms with Gasteiger partial charge in [0.1, 0.15) is 0 Å². The Bertz CT molecular complexity index is 484. The number of hydrogen-bond donors (Lipinski definition) is 0. The van der Waals surface area contributed by atoms with E-state index < -0.39 is 0 Å². The third kappa shape index (κ3) is 2.46. The van der Waals surface area contributed by atoms with Crippen LogP contribution < -0.4 is 4.90 Å². The number of rotatable bonds is 2. The summed E-state index contributed by atoms with van der Waals surface area (Å²) in [6.45, 7) is 1.75. The largest absolute Gasteiger partial charge is 0.469 e. The van der Waals surface area contributed by atoms with Crippen LogP contribution >= 0.6 is 0 Å². The Morgan fingerprint density at radius 1 is 1.26 bits per heavy atom. The predicted octanol–water partition coefficient (Wildman–Crippen LogP) is 2.56. The molecule has 0 aromatic heterocycles. The Balaban J connectivity index is 1.75. The Hall–Kier alpha value is -1.51. The first-order chi connectivity index (χ1) is 9.28. The summed E-state index contributed by atoms with van der Waals surface area (Å²) in [5.41, 5.74) is 4.29. The van der Waals surface area contributed by atoms with Gasteiger partial charge in [-0.05, 0) is 55.4 Å². The molecule has 1 atom stereocenters. The molecule has 102 valence electrons. The first kappa shape index (κ1) is 12.5. The molecule has 0 N–H and O–H groups in total. The highest BCUT2D eigenvalue weighted by Gasteiger charge is 2.29. The van der Waals surface area contributed by atoms with Crippen LogP contribution in [0.5, 0.6) is 0 Å². The number of hydrogen-bond acceptors (Lipinski definition) is 3. The number of methoxy groups -OCH3 is 1. The van der Waals surface area contributed by atoms with Crippen molar-refractivity contribution in [2.24, 2.45) is 5.92 Å². The topological polar surface area (TPSA) is 29.5 Å². The Labute approximate surface area is 114 Å². The standard InChI is InChI=1S/C16H21NO2/c1-19-16(18)14-8-9-17(11-14)15-7-6-12-4-2-3-5-13(12)10-15/h6-7,10,14H,2-5,8-9,11H2,1H3. The lowest BCUT2D eigenvalue weighted by atomic mass is 9.91. The van der Waals surface area contributed by atoms with Gasteiger partial charge in [0.05, 0.1) is 13.0 Å². The number of benzene rings is 1. The average molecular weight is 259 g/mol. The molecule has 1 fully saturated rings. The molecule has 1 aromatic rings. The van der Waals surface area contributed by atoms with E-state index in [0.29, 0.717) is 0 Å². The minimum absolute atomic E-state index is 0.0426. The number of carbonyl (C=O) groups excluding carboxylic acids is 1. The quantitative estimate of drug-likeness (QED) is 0.764. The molecule has 1 heterocycles. The van der Waals surface area contributed by atoms with Gasteiger partial charge in [-0.2, -0.15) is 0 Å². The highest BCUT2D eigenvalue weighted by atomic mass is 16.5. The van der Waals surface area contributed by atoms with E-state index in [9.17, 15) is 4.79 Å². The summed E-state index contributed by atoms with van der Waals surface area (Å²) < 4.78 is 4.84. The fourth-order valence-corrected chi connectivity index (χ4v) is 3.27. The van der Waals surface area contributed by atoms with Crippen molar-refractivity contribution in [3.63, 3.8) is 0 Å². The highest BCUT2D eigenvalue weighted by molar-refractivity contribution is 5.74. The van der Waals surface area contributed by atoms with Gasteiger partial charge in [-0.25, -0.2) is 0 Å². The van der Waals surface area contributed by atoms with Crippen LogP contribution in [0.15, 0.2) is 18.2 Å². The molecule has 3 heteroatoms. The maximum atomic E-state index is 11.6. The van der Waals surface area contributed by atoms with Crippen LogP contribution in [0.4, 0.5) is 5.69 Å². The molecule has 0 spiro atoms.